The third-order valence-electron chi connectivity index (χ3n) is 4.43. The summed E-state index contributed by atoms with van der Waals surface area (Å²) in [7, 11) is 2.08. The Hall–Kier alpha value is -2.55. The van der Waals surface area contributed by atoms with Crippen LogP contribution in [0.4, 0.5) is 11.5 Å². The van der Waals surface area contributed by atoms with Crippen molar-refractivity contribution in [3.63, 3.8) is 0 Å². The van der Waals surface area contributed by atoms with Gasteiger partial charge in [0.25, 0.3) is 5.89 Å². The Bertz CT molecular complexity index is 883. The number of aromatic nitrogens is 4. The molecule has 2 N–H and O–H groups in total. The number of anilines is 2. The van der Waals surface area contributed by atoms with Crippen LogP contribution in [0.15, 0.2) is 40.9 Å². The molecular weight excluding hydrogens is 366 g/mol. The van der Waals surface area contributed by atoms with Crippen molar-refractivity contribution in [1.82, 2.24) is 30.6 Å². The summed E-state index contributed by atoms with van der Waals surface area (Å²) in [6, 6.07) is 11.8. The molecule has 2 aromatic heterocycles. The fraction of sp³-hybridized carbons (Fsp3) is 0.333. The molecule has 1 unspecified atom stereocenters. The predicted molar refractivity (Wildman–Crippen MR) is 105 cm³/mol. The van der Waals surface area contributed by atoms with Crippen molar-refractivity contribution < 1.29 is 4.52 Å². The molecule has 142 valence electrons. The van der Waals surface area contributed by atoms with Crippen LogP contribution < -0.4 is 10.6 Å². The minimum absolute atomic E-state index is 0. The highest BCUT2D eigenvalue weighted by Crippen LogP contribution is 2.25. The van der Waals surface area contributed by atoms with E-state index in [4.69, 9.17) is 4.52 Å². The van der Waals surface area contributed by atoms with Crippen LogP contribution in [0.1, 0.15) is 17.6 Å². The molecule has 4 rings (SSSR count). The SMILES string of the molecule is Cc1ccc(Nc2cccc(-c3nc(C4CNCCN4C)no3)c2)nn1.Cl. The molecule has 1 atom stereocenters. The van der Waals surface area contributed by atoms with E-state index in [1.807, 2.05) is 43.3 Å². The third-order valence-corrected chi connectivity index (χ3v) is 4.43. The van der Waals surface area contributed by atoms with Crippen molar-refractivity contribution in [2.45, 2.75) is 13.0 Å². The van der Waals surface area contributed by atoms with Gasteiger partial charge in [0, 0.05) is 30.9 Å². The van der Waals surface area contributed by atoms with E-state index in [1.165, 1.54) is 0 Å². The van der Waals surface area contributed by atoms with Gasteiger partial charge in [0.2, 0.25) is 0 Å². The lowest BCUT2D eigenvalue weighted by molar-refractivity contribution is 0.190. The van der Waals surface area contributed by atoms with E-state index in [9.17, 15) is 0 Å². The summed E-state index contributed by atoms with van der Waals surface area (Å²) in [6.07, 6.45) is 0. The Balaban J connectivity index is 0.00000210. The molecule has 1 aliphatic heterocycles. The first-order chi connectivity index (χ1) is 12.7. The molecule has 1 saturated heterocycles. The summed E-state index contributed by atoms with van der Waals surface area (Å²) in [6.45, 7) is 4.67. The second-order valence-corrected chi connectivity index (χ2v) is 6.42. The molecule has 1 fully saturated rings. The number of nitrogens with zero attached hydrogens (tertiary/aromatic N) is 5. The summed E-state index contributed by atoms with van der Waals surface area (Å²) in [5, 5.41) is 19.0. The molecule has 0 bridgehead atoms. The van der Waals surface area contributed by atoms with E-state index in [1.54, 1.807) is 0 Å². The van der Waals surface area contributed by atoms with Gasteiger partial charge in [-0.1, -0.05) is 11.2 Å². The van der Waals surface area contributed by atoms with Gasteiger partial charge >= 0.3 is 0 Å². The molecule has 0 radical (unpaired) electrons. The molecule has 0 spiro atoms. The van der Waals surface area contributed by atoms with Crippen LogP contribution in [0.3, 0.4) is 0 Å². The standard InChI is InChI=1S/C18H21N7O.ClH/c1-12-6-7-16(23-22-12)20-14-5-3-4-13(10-14)18-21-17(24-26-18)15-11-19-8-9-25(15)2;/h3-7,10,15,19H,8-9,11H2,1-2H3,(H,20,23);1H. The lowest BCUT2D eigenvalue weighted by Gasteiger charge is -2.30. The average molecular weight is 388 g/mol. The normalized spacial score (nSPS) is 17.3. The number of piperazine rings is 1. The smallest absolute Gasteiger partial charge is 0.258 e. The van der Waals surface area contributed by atoms with Crippen LogP contribution in [-0.2, 0) is 0 Å². The lowest BCUT2D eigenvalue weighted by atomic mass is 10.2. The van der Waals surface area contributed by atoms with E-state index in [-0.39, 0.29) is 18.4 Å². The predicted octanol–water partition coefficient (Wildman–Crippen LogP) is 2.58. The Morgan fingerprint density at radius 3 is 2.89 bits per heavy atom. The van der Waals surface area contributed by atoms with Gasteiger partial charge in [0.05, 0.1) is 11.7 Å². The lowest BCUT2D eigenvalue weighted by Crippen LogP contribution is -2.44. The van der Waals surface area contributed by atoms with E-state index in [0.29, 0.717) is 17.5 Å². The fourth-order valence-electron chi connectivity index (χ4n) is 2.93. The van der Waals surface area contributed by atoms with Gasteiger partial charge in [0.1, 0.15) is 0 Å². The molecular formula is C18H22ClN7O. The Morgan fingerprint density at radius 2 is 2.11 bits per heavy atom. The third kappa shape index (κ3) is 4.41. The second kappa shape index (κ2) is 8.43. The van der Waals surface area contributed by atoms with Crippen LogP contribution in [-0.4, -0.2) is 51.9 Å². The quantitative estimate of drug-likeness (QED) is 0.705. The largest absolute Gasteiger partial charge is 0.339 e. The Labute approximate surface area is 163 Å². The maximum Gasteiger partial charge on any atom is 0.258 e. The van der Waals surface area contributed by atoms with E-state index in [0.717, 1.165) is 36.6 Å². The van der Waals surface area contributed by atoms with Crippen LogP contribution >= 0.6 is 12.4 Å². The molecule has 3 aromatic rings. The maximum atomic E-state index is 5.50. The molecule has 8 nitrogen and oxygen atoms in total. The summed E-state index contributed by atoms with van der Waals surface area (Å²) < 4.78 is 5.50. The van der Waals surface area contributed by atoms with E-state index < -0.39 is 0 Å². The first-order valence-electron chi connectivity index (χ1n) is 8.61. The average Bonchev–Trinajstić information content (AvgIpc) is 3.14. The van der Waals surface area contributed by atoms with Crippen molar-refractivity contribution in [3.8, 4) is 11.5 Å². The number of aryl methyl sites for hydroxylation is 1. The van der Waals surface area contributed by atoms with E-state index >= 15 is 0 Å². The van der Waals surface area contributed by atoms with Gasteiger partial charge in [-0.25, -0.2) is 0 Å². The maximum absolute atomic E-state index is 5.50. The van der Waals surface area contributed by atoms with Crippen LogP contribution in [0.2, 0.25) is 0 Å². The number of hydrogen-bond donors (Lipinski definition) is 2. The van der Waals surface area contributed by atoms with Gasteiger partial charge in [0.15, 0.2) is 11.6 Å². The van der Waals surface area contributed by atoms with Crippen molar-refractivity contribution in [2.24, 2.45) is 0 Å². The van der Waals surface area contributed by atoms with Crippen LogP contribution in [0, 0.1) is 6.92 Å². The van der Waals surface area contributed by atoms with Gasteiger partial charge < -0.3 is 15.2 Å². The molecule has 9 heteroatoms. The number of hydrogen-bond acceptors (Lipinski definition) is 8. The van der Waals surface area contributed by atoms with Crippen molar-refractivity contribution >= 4 is 23.9 Å². The van der Waals surface area contributed by atoms with Crippen molar-refractivity contribution in [2.75, 3.05) is 32.0 Å². The highest BCUT2D eigenvalue weighted by molar-refractivity contribution is 5.85. The summed E-state index contributed by atoms with van der Waals surface area (Å²) in [5.74, 6) is 1.91. The topological polar surface area (TPSA) is 92.0 Å². The number of halogens is 1. The highest BCUT2D eigenvalue weighted by atomic mass is 35.5. The molecule has 0 saturated carbocycles. The fourth-order valence-corrected chi connectivity index (χ4v) is 2.93. The zero-order chi connectivity index (χ0) is 17.9. The molecule has 0 aliphatic carbocycles. The number of benzene rings is 1. The molecule has 3 heterocycles. The Kier molecular flexibility index (Phi) is 6.00. The summed E-state index contributed by atoms with van der Waals surface area (Å²) in [5.41, 5.74) is 2.63. The van der Waals surface area contributed by atoms with Crippen LogP contribution in [0.5, 0.6) is 0 Å². The first kappa shape index (κ1) is 19.2. The number of likely N-dealkylation sites (N-methyl/N-ethyl adjacent to an activating group) is 1. The highest BCUT2D eigenvalue weighted by Gasteiger charge is 2.25. The number of rotatable bonds is 4. The minimum Gasteiger partial charge on any atom is -0.339 e. The second-order valence-electron chi connectivity index (χ2n) is 6.42. The van der Waals surface area contributed by atoms with Crippen molar-refractivity contribution in [3.05, 3.63) is 47.9 Å². The molecule has 1 aliphatic rings. The first-order valence-corrected chi connectivity index (χ1v) is 8.61. The molecule has 0 amide bonds. The zero-order valence-corrected chi connectivity index (χ0v) is 16.0. The van der Waals surface area contributed by atoms with Crippen LogP contribution in [0.25, 0.3) is 11.5 Å². The van der Waals surface area contributed by atoms with Crippen molar-refractivity contribution in [1.29, 1.82) is 0 Å². The summed E-state index contributed by atoms with van der Waals surface area (Å²) >= 11 is 0. The van der Waals surface area contributed by atoms with Gasteiger partial charge in [-0.15, -0.1) is 17.5 Å². The van der Waals surface area contributed by atoms with Gasteiger partial charge in [-0.05, 0) is 44.3 Å². The molecule has 1 aromatic carbocycles. The minimum atomic E-state index is 0. The Morgan fingerprint density at radius 1 is 1.22 bits per heavy atom. The zero-order valence-electron chi connectivity index (χ0n) is 15.2. The summed E-state index contributed by atoms with van der Waals surface area (Å²) in [4.78, 5) is 6.83. The van der Waals surface area contributed by atoms with Gasteiger partial charge in [-0.3, -0.25) is 4.90 Å². The molecule has 27 heavy (non-hydrogen) atoms. The van der Waals surface area contributed by atoms with Gasteiger partial charge in [-0.2, -0.15) is 10.1 Å². The monoisotopic (exact) mass is 387 g/mol. The number of nitrogens with one attached hydrogen (secondary N) is 2. The van der Waals surface area contributed by atoms with E-state index in [2.05, 4.69) is 42.9 Å².